The molecule has 4 aromatic rings. The molecule has 0 bridgehead atoms. The summed E-state index contributed by atoms with van der Waals surface area (Å²) < 4.78 is 0. The smallest absolute Gasteiger partial charge is 0.229 e. The summed E-state index contributed by atoms with van der Waals surface area (Å²) in [6.07, 6.45) is 1.58. The summed E-state index contributed by atoms with van der Waals surface area (Å²) in [6, 6.07) is 13.9. The van der Waals surface area contributed by atoms with Crippen molar-refractivity contribution in [3.63, 3.8) is 0 Å². The molecule has 2 heterocycles. The Morgan fingerprint density at radius 1 is 1.04 bits per heavy atom. The van der Waals surface area contributed by atoms with Gasteiger partial charge in [-0.15, -0.1) is 0 Å². The normalized spacial score (nSPS) is 11.2. The summed E-state index contributed by atoms with van der Waals surface area (Å²) in [4.78, 5) is 8.82. The molecule has 0 aliphatic carbocycles. The van der Waals surface area contributed by atoms with Crippen molar-refractivity contribution in [1.29, 1.82) is 0 Å². The van der Waals surface area contributed by atoms with Crippen LogP contribution in [0, 0.1) is 0 Å². The zero-order chi connectivity index (χ0) is 19.7. The van der Waals surface area contributed by atoms with Crippen LogP contribution < -0.4 is 15.9 Å². The molecular weight excluding hydrogens is 414 g/mol. The van der Waals surface area contributed by atoms with Gasteiger partial charge in [0.1, 0.15) is 5.02 Å². The van der Waals surface area contributed by atoms with Gasteiger partial charge in [-0.25, -0.2) is 4.98 Å². The van der Waals surface area contributed by atoms with E-state index in [1.807, 2.05) is 36.4 Å². The third-order valence-electron chi connectivity index (χ3n) is 4.16. The summed E-state index contributed by atoms with van der Waals surface area (Å²) >= 11 is 12.4. The molecule has 0 fully saturated rings. The van der Waals surface area contributed by atoms with Crippen molar-refractivity contribution in [2.75, 3.05) is 24.0 Å². The Balaban J connectivity index is 1.61. The van der Waals surface area contributed by atoms with E-state index in [-0.39, 0.29) is 7.92 Å². The molecule has 142 valence electrons. The molecule has 0 radical (unpaired) electrons. The van der Waals surface area contributed by atoms with Crippen molar-refractivity contribution in [2.45, 2.75) is 0 Å². The van der Waals surface area contributed by atoms with Gasteiger partial charge in [-0.1, -0.05) is 49.3 Å². The van der Waals surface area contributed by atoms with Crippen LogP contribution in [-0.4, -0.2) is 33.5 Å². The Labute approximate surface area is 173 Å². The number of nitrogens with zero attached hydrogens (tertiary/aromatic N) is 3. The Morgan fingerprint density at radius 3 is 2.68 bits per heavy atom. The molecule has 0 unspecified atom stereocenters. The van der Waals surface area contributed by atoms with Crippen LogP contribution in [-0.2, 0) is 0 Å². The molecule has 3 N–H and O–H groups in total. The number of benzene rings is 2. The van der Waals surface area contributed by atoms with Crippen LogP contribution in [0.25, 0.3) is 10.9 Å². The molecule has 0 amide bonds. The molecule has 6 nitrogen and oxygen atoms in total. The summed E-state index contributed by atoms with van der Waals surface area (Å²) in [6.45, 7) is 4.42. The van der Waals surface area contributed by atoms with Gasteiger partial charge in [-0.05, 0) is 42.9 Å². The van der Waals surface area contributed by atoms with Crippen LogP contribution in [0.4, 0.5) is 23.1 Å². The van der Waals surface area contributed by atoms with Crippen LogP contribution >= 0.6 is 31.1 Å². The highest BCUT2D eigenvalue weighted by atomic mass is 35.5. The maximum Gasteiger partial charge on any atom is 0.229 e. The van der Waals surface area contributed by atoms with E-state index in [0.29, 0.717) is 21.9 Å². The molecule has 0 aliphatic heterocycles. The van der Waals surface area contributed by atoms with Gasteiger partial charge in [0.15, 0.2) is 11.0 Å². The van der Waals surface area contributed by atoms with E-state index in [0.717, 1.165) is 22.3 Å². The molecule has 4 rings (SSSR count). The minimum Gasteiger partial charge on any atom is -0.338 e. The van der Waals surface area contributed by atoms with Crippen LogP contribution in [0.15, 0.2) is 48.7 Å². The average molecular weight is 431 g/mol. The van der Waals surface area contributed by atoms with E-state index in [1.165, 1.54) is 5.30 Å². The SMILES string of the molecule is CP(C)c1ccccc1Nc1nc(Nc2ccc3c(Cl)n[nH]c3c2)ncc1Cl. The number of rotatable bonds is 5. The third kappa shape index (κ3) is 3.90. The van der Waals surface area contributed by atoms with Crippen LogP contribution in [0.2, 0.25) is 10.2 Å². The summed E-state index contributed by atoms with van der Waals surface area (Å²) in [5.74, 6) is 0.985. The Kier molecular flexibility index (Phi) is 5.36. The first-order chi connectivity index (χ1) is 13.5. The average Bonchev–Trinajstić information content (AvgIpc) is 3.05. The fourth-order valence-electron chi connectivity index (χ4n) is 2.80. The van der Waals surface area contributed by atoms with E-state index in [4.69, 9.17) is 23.2 Å². The lowest BCUT2D eigenvalue weighted by Gasteiger charge is -2.15. The topological polar surface area (TPSA) is 78.5 Å². The maximum absolute atomic E-state index is 6.32. The van der Waals surface area contributed by atoms with Gasteiger partial charge < -0.3 is 10.6 Å². The third-order valence-corrected chi connectivity index (χ3v) is 6.07. The number of H-pyrrole nitrogens is 1. The minimum absolute atomic E-state index is 0.269. The second-order valence-electron chi connectivity index (χ2n) is 6.33. The first kappa shape index (κ1) is 18.9. The lowest BCUT2D eigenvalue weighted by atomic mass is 10.2. The molecule has 0 saturated heterocycles. The van der Waals surface area contributed by atoms with Gasteiger partial charge in [-0.2, -0.15) is 10.1 Å². The number of halogens is 2. The lowest BCUT2D eigenvalue weighted by molar-refractivity contribution is 1.12. The van der Waals surface area contributed by atoms with E-state index >= 15 is 0 Å². The quantitative estimate of drug-likeness (QED) is 0.363. The standard InChI is InChI=1S/C19H17Cl2N6P/c1-28(2)16-6-4-3-5-14(16)24-18-13(20)10-22-19(25-18)23-11-7-8-12-15(9-11)26-27-17(12)21/h3-10H,1-2H3,(H,26,27)(H2,22,23,24,25). The highest BCUT2D eigenvalue weighted by Gasteiger charge is 2.11. The van der Waals surface area contributed by atoms with Crippen LogP contribution in [0.3, 0.4) is 0 Å². The van der Waals surface area contributed by atoms with Crippen molar-refractivity contribution < 1.29 is 0 Å². The number of nitrogens with one attached hydrogen (secondary N) is 3. The summed E-state index contributed by atoms with van der Waals surface area (Å²) in [5.41, 5.74) is 2.64. The first-order valence-corrected chi connectivity index (χ1v) is 11.5. The predicted molar refractivity (Wildman–Crippen MR) is 120 cm³/mol. The van der Waals surface area contributed by atoms with Crippen LogP contribution in [0.1, 0.15) is 0 Å². The van der Waals surface area contributed by atoms with Crippen molar-refractivity contribution in [3.8, 4) is 0 Å². The number of fused-ring (bicyclic) bond motifs is 1. The predicted octanol–water partition coefficient (Wildman–Crippen LogP) is 5.51. The number of aromatic amines is 1. The maximum atomic E-state index is 6.32. The van der Waals surface area contributed by atoms with Crippen molar-refractivity contribution in [2.24, 2.45) is 0 Å². The largest absolute Gasteiger partial charge is 0.338 e. The molecule has 0 aliphatic rings. The number of para-hydroxylation sites is 1. The fraction of sp³-hybridized carbons (Fsp3) is 0.105. The second-order valence-corrected chi connectivity index (χ2v) is 9.36. The summed E-state index contributed by atoms with van der Waals surface area (Å²) in [5, 5.41) is 16.4. The minimum atomic E-state index is -0.269. The molecule has 0 spiro atoms. The van der Waals surface area contributed by atoms with Crippen molar-refractivity contribution in [1.82, 2.24) is 20.2 Å². The zero-order valence-electron chi connectivity index (χ0n) is 15.2. The van der Waals surface area contributed by atoms with Crippen LogP contribution in [0.5, 0.6) is 0 Å². The molecule has 0 atom stereocenters. The molecule has 2 aromatic carbocycles. The Hall–Kier alpha value is -2.40. The highest BCUT2D eigenvalue weighted by molar-refractivity contribution is 7.64. The molecule has 28 heavy (non-hydrogen) atoms. The Bertz CT molecular complexity index is 1140. The number of aromatic nitrogens is 4. The van der Waals surface area contributed by atoms with Gasteiger partial charge >= 0.3 is 0 Å². The van der Waals surface area contributed by atoms with E-state index in [9.17, 15) is 0 Å². The fourth-order valence-corrected chi connectivity index (χ4v) is 4.15. The highest BCUT2D eigenvalue weighted by Crippen LogP contribution is 2.31. The molecule has 9 heteroatoms. The Morgan fingerprint density at radius 2 is 1.86 bits per heavy atom. The molecular formula is C19H17Cl2N6P. The number of hydrogen-bond acceptors (Lipinski definition) is 5. The van der Waals surface area contributed by atoms with Gasteiger partial charge in [0, 0.05) is 16.8 Å². The van der Waals surface area contributed by atoms with E-state index in [2.05, 4.69) is 50.2 Å². The van der Waals surface area contributed by atoms with Gasteiger partial charge in [0.2, 0.25) is 5.95 Å². The second kappa shape index (κ2) is 7.92. The van der Waals surface area contributed by atoms with Gasteiger partial charge in [0.25, 0.3) is 0 Å². The monoisotopic (exact) mass is 430 g/mol. The van der Waals surface area contributed by atoms with Gasteiger partial charge in [0.05, 0.1) is 11.7 Å². The zero-order valence-corrected chi connectivity index (χ0v) is 17.6. The van der Waals surface area contributed by atoms with Crippen molar-refractivity contribution >= 4 is 70.5 Å². The van der Waals surface area contributed by atoms with Crippen molar-refractivity contribution in [3.05, 3.63) is 58.8 Å². The lowest BCUT2D eigenvalue weighted by Crippen LogP contribution is -2.09. The molecule has 0 saturated carbocycles. The molecule has 2 aromatic heterocycles. The number of anilines is 4. The van der Waals surface area contributed by atoms with E-state index < -0.39 is 0 Å². The first-order valence-electron chi connectivity index (χ1n) is 8.48. The van der Waals surface area contributed by atoms with Gasteiger partial charge in [-0.3, -0.25) is 5.10 Å². The summed E-state index contributed by atoms with van der Waals surface area (Å²) in [7, 11) is -0.269. The van der Waals surface area contributed by atoms with E-state index in [1.54, 1.807) is 6.20 Å². The number of hydrogen-bond donors (Lipinski definition) is 3.